The average molecular weight is 563 g/mol. The summed E-state index contributed by atoms with van der Waals surface area (Å²) < 4.78 is 4.45. The molecule has 0 saturated carbocycles. The van der Waals surface area contributed by atoms with Crippen LogP contribution in [0.5, 0.6) is 0 Å². The number of hydrogen-bond acceptors (Lipinski definition) is 2. The van der Waals surface area contributed by atoms with Crippen LogP contribution in [0.1, 0.15) is 22.3 Å². The summed E-state index contributed by atoms with van der Waals surface area (Å²) >= 11 is 0. The molecule has 206 valence electrons. The van der Waals surface area contributed by atoms with Gasteiger partial charge in [0, 0.05) is 44.0 Å². The van der Waals surface area contributed by atoms with E-state index in [1.165, 1.54) is 32.7 Å². The highest BCUT2D eigenvalue weighted by molar-refractivity contribution is 6.10. The lowest BCUT2D eigenvalue weighted by atomic mass is 9.95. The summed E-state index contributed by atoms with van der Waals surface area (Å²) in [5.41, 5.74) is 11.1. The number of nitrogens with zero attached hydrogens (tertiary/aromatic N) is 4. The van der Waals surface area contributed by atoms with Crippen LogP contribution in [-0.2, 0) is 0 Å². The van der Waals surface area contributed by atoms with Gasteiger partial charge < -0.3 is 9.13 Å². The van der Waals surface area contributed by atoms with E-state index in [0.29, 0.717) is 11.1 Å². The Morgan fingerprint density at radius 3 is 1.27 bits per heavy atom. The summed E-state index contributed by atoms with van der Waals surface area (Å²) in [6.45, 7) is 4.19. The molecule has 6 aromatic carbocycles. The van der Waals surface area contributed by atoms with E-state index in [1.54, 1.807) is 0 Å². The third-order valence-corrected chi connectivity index (χ3v) is 8.71. The lowest BCUT2D eigenvalue weighted by Gasteiger charge is -2.14. The maximum atomic E-state index is 10.4. The van der Waals surface area contributed by atoms with Crippen molar-refractivity contribution in [3.63, 3.8) is 0 Å². The fourth-order valence-corrected chi connectivity index (χ4v) is 6.71. The number of para-hydroxylation sites is 2. The van der Waals surface area contributed by atoms with E-state index in [0.717, 1.165) is 44.6 Å². The molecule has 4 nitrogen and oxygen atoms in total. The molecule has 2 heterocycles. The van der Waals surface area contributed by atoms with Gasteiger partial charge in [-0.2, -0.15) is 10.5 Å². The van der Waals surface area contributed by atoms with Crippen molar-refractivity contribution in [1.29, 1.82) is 10.5 Å². The van der Waals surface area contributed by atoms with Crippen LogP contribution >= 0.6 is 0 Å². The zero-order chi connectivity index (χ0) is 29.9. The second kappa shape index (κ2) is 9.73. The van der Waals surface area contributed by atoms with Crippen molar-refractivity contribution in [2.45, 2.75) is 13.8 Å². The van der Waals surface area contributed by atoms with Gasteiger partial charge in [-0.3, -0.25) is 0 Å². The van der Waals surface area contributed by atoms with Gasteiger partial charge in [-0.15, -0.1) is 0 Å². The van der Waals surface area contributed by atoms with E-state index in [4.69, 9.17) is 0 Å². The molecule has 0 aliphatic rings. The van der Waals surface area contributed by atoms with E-state index in [-0.39, 0.29) is 0 Å². The second-order valence-corrected chi connectivity index (χ2v) is 11.4. The Labute approximate surface area is 254 Å². The van der Waals surface area contributed by atoms with Crippen LogP contribution in [0, 0.1) is 36.5 Å². The third kappa shape index (κ3) is 3.76. The number of nitriles is 2. The molecule has 0 N–H and O–H groups in total. The quantitative estimate of drug-likeness (QED) is 0.215. The summed E-state index contributed by atoms with van der Waals surface area (Å²) in [6, 6.07) is 46.5. The first-order valence-corrected chi connectivity index (χ1v) is 14.6. The summed E-state index contributed by atoms with van der Waals surface area (Å²) in [5.74, 6) is 0. The number of aryl methyl sites for hydroxylation is 2. The molecule has 0 aliphatic heterocycles. The van der Waals surface area contributed by atoms with E-state index in [9.17, 15) is 10.5 Å². The monoisotopic (exact) mass is 562 g/mol. The number of hydrogen-bond donors (Lipinski definition) is 0. The van der Waals surface area contributed by atoms with E-state index in [2.05, 4.69) is 120 Å². The van der Waals surface area contributed by atoms with Gasteiger partial charge in [-0.25, -0.2) is 0 Å². The molecule has 0 bridgehead atoms. The van der Waals surface area contributed by atoms with Crippen molar-refractivity contribution >= 4 is 43.6 Å². The summed E-state index contributed by atoms with van der Waals surface area (Å²) in [6.07, 6.45) is 0. The molecular formula is C40H26N4. The van der Waals surface area contributed by atoms with Crippen molar-refractivity contribution < 1.29 is 0 Å². The molecule has 2 aromatic heterocycles. The number of aromatic nitrogens is 2. The smallest absolute Gasteiger partial charge is 0.0998 e. The molecule has 0 fully saturated rings. The average Bonchev–Trinajstić information content (AvgIpc) is 3.56. The molecule has 0 radical (unpaired) electrons. The zero-order valence-electron chi connectivity index (χ0n) is 24.3. The highest BCUT2D eigenvalue weighted by Crippen LogP contribution is 2.37. The SMILES string of the molecule is Cc1ccc2c3ccccc3n(-c3ccc(-c4ccc(-n5c6ccccc6c6ccc(C)cc65)cc4C#N)c(C#N)c3)c2c1. The Bertz CT molecular complexity index is 2370. The van der Waals surface area contributed by atoms with Crippen LogP contribution in [0.2, 0.25) is 0 Å². The van der Waals surface area contributed by atoms with Crippen LogP contribution in [0.15, 0.2) is 121 Å². The molecular weight excluding hydrogens is 536 g/mol. The van der Waals surface area contributed by atoms with Gasteiger partial charge in [0.1, 0.15) is 0 Å². The molecule has 0 amide bonds. The van der Waals surface area contributed by atoms with Crippen molar-refractivity contribution in [3.05, 3.63) is 144 Å². The first-order valence-electron chi connectivity index (χ1n) is 14.6. The van der Waals surface area contributed by atoms with E-state index < -0.39 is 0 Å². The van der Waals surface area contributed by atoms with Gasteiger partial charge in [0.15, 0.2) is 0 Å². The minimum Gasteiger partial charge on any atom is -0.309 e. The fraction of sp³-hybridized carbons (Fsp3) is 0.0500. The van der Waals surface area contributed by atoms with E-state index >= 15 is 0 Å². The van der Waals surface area contributed by atoms with Crippen LogP contribution in [0.4, 0.5) is 0 Å². The van der Waals surface area contributed by atoms with Crippen molar-refractivity contribution in [2.24, 2.45) is 0 Å². The Morgan fingerprint density at radius 1 is 0.432 bits per heavy atom. The number of benzene rings is 6. The van der Waals surface area contributed by atoms with Gasteiger partial charge in [-0.1, -0.05) is 72.8 Å². The maximum Gasteiger partial charge on any atom is 0.0998 e. The largest absolute Gasteiger partial charge is 0.309 e. The normalized spacial score (nSPS) is 11.4. The Balaban J connectivity index is 1.30. The minimum atomic E-state index is 0.526. The van der Waals surface area contributed by atoms with Crippen LogP contribution in [0.25, 0.3) is 66.1 Å². The lowest BCUT2D eigenvalue weighted by Crippen LogP contribution is -1.98. The molecule has 4 heteroatoms. The highest BCUT2D eigenvalue weighted by atomic mass is 15.0. The van der Waals surface area contributed by atoms with Gasteiger partial charge in [0.05, 0.1) is 45.3 Å². The molecule has 0 saturated heterocycles. The predicted octanol–water partition coefficient (Wildman–Crippen LogP) is 9.91. The highest BCUT2D eigenvalue weighted by Gasteiger charge is 2.18. The first kappa shape index (κ1) is 25.6. The fourth-order valence-electron chi connectivity index (χ4n) is 6.71. The second-order valence-electron chi connectivity index (χ2n) is 11.4. The van der Waals surface area contributed by atoms with E-state index in [1.807, 2.05) is 36.4 Å². The Morgan fingerprint density at radius 2 is 0.841 bits per heavy atom. The zero-order valence-corrected chi connectivity index (χ0v) is 24.3. The molecule has 0 aliphatic carbocycles. The summed E-state index contributed by atoms with van der Waals surface area (Å²) in [4.78, 5) is 0. The number of rotatable bonds is 3. The molecule has 0 spiro atoms. The van der Waals surface area contributed by atoms with Gasteiger partial charge in [0.25, 0.3) is 0 Å². The summed E-state index contributed by atoms with van der Waals surface area (Å²) in [5, 5.41) is 25.4. The standard InChI is InChI=1S/C40H26N4/c1-25-11-15-35-33-7-3-5-9-37(33)43(39(35)19-25)29-13-17-31(27(21-29)23-41)32-18-14-30(22-28(32)24-42)44-38-10-6-4-8-34(38)36-16-12-26(2)20-40(36)44/h3-22H,1-2H3. The van der Waals surface area contributed by atoms with Crippen molar-refractivity contribution in [1.82, 2.24) is 9.13 Å². The molecule has 8 rings (SSSR count). The third-order valence-electron chi connectivity index (χ3n) is 8.71. The summed E-state index contributed by atoms with van der Waals surface area (Å²) in [7, 11) is 0. The van der Waals surface area contributed by atoms with Gasteiger partial charge in [-0.05, 0) is 73.5 Å². The molecule has 0 atom stereocenters. The topological polar surface area (TPSA) is 57.4 Å². The lowest BCUT2D eigenvalue weighted by molar-refractivity contribution is 1.17. The Hall–Kier alpha value is -6.10. The van der Waals surface area contributed by atoms with Crippen molar-refractivity contribution in [3.8, 4) is 34.6 Å². The number of fused-ring (bicyclic) bond motifs is 6. The van der Waals surface area contributed by atoms with Gasteiger partial charge >= 0.3 is 0 Å². The first-order chi connectivity index (χ1) is 21.6. The Kier molecular flexibility index (Phi) is 5.66. The molecule has 8 aromatic rings. The molecule has 44 heavy (non-hydrogen) atoms. The minimum absolute atomic E-state index is 0.526. The van der Waals surface area contributed by atoms with Crippen molar-refractivity contribution in [2.75, 3.05) is 0 Å². The maximum absolute atomic E-state index is 10.4. The predicted molar refractivity (Wildman–Crippen MR) is 179 cm³/mol. The van der Waals surface area contributed by atoms with Crippen LogP contribution in [-0.4, -0.2) is 9.13 Å². The van der Waals surface area contributed by atoms with Gasteiger partial charge in [0.2, 0.25) is 0 Å². The van der Waals surface area contributed by atoms with Crippen LogP contribution < -0.4 is 0 Å². The molecule has 0 unspecified atom stereocenters. The van der Waals surface area contributed by atoms with Crippen LogP contribution in [0.3, 0.4) is 0 Å².